The second-order valence-corrected chi connectivity index (χ2v) is 6.41. The van der Waals surface area contributed by atoms with E-state index in [2.05, 4.69) is 34.8 Å². The lowest BCUT2D eigenvalue weighted by molar-refractivity contribution is 0.221. The van der Waals surface area contributed by atoms with E-state index in [9.17, 15) is 0 Å². The first kappa shape index (κ1) is 14.0. The Labute approximate surface area is 115 Å². The highest BCUT2D eigenvalue weighted by Crippen LogP contribution is 2.20. The molecule has 1 aromatic rings. The molecule has 2 nitrogen and oxygen atoms in total. The maximum Gasteiger partial charge on any atom is 0.0300 e. The molecule has 0 radical (unpaired) electrons. The van der Waals surface area contributed by atoms with Gasteiger partial charge in [-0.1, -0.05) is 31.7 Å². The Balaban J connectivity index is 1.60. The maximum atomic E-state index is 3.54. The third-order valence-electron chi connectivity index (χ3n) is 3.97. The van der Waals surface area contributed by atoms with Gasteiger partial charge in [0.25, 0.3) is 0 Å². The highest BCUT2D eigenvalue weighted by Gasteiger charge is 2.16. The summed E-state index contributed by atoms with van der Waals surface area (Å²) in [6.07, 6.45) is 8.56. The second kappa shape index (κ2) is 7.93. The van der Waals surface area contributed by atoms with Gasteiger partial charge in [0.1, 0.15) is 0 Å². The zero-order chi connectivity index (χ0) is 12.6. The van der Waals surface area contributed by atoms with E-state index in [4.69, 9.17) is 0 Å². The zero-order valence-corrected chi connectivity index (χ0v) is 12.3. The van der Waals surface area contributed by atoms with Crippen LogP contribution < -0.4 is 5.32 Å². The van der Waals surface area contributed by atoms with Crippen molar-refractivity contribution in [3.8, 4) is 0 Å². The minimum Gasteiger partial charge on any atom is -0.311 e. The molecule has 0 saturated heterocycles. The molecule has 0 bridgehead atoms. The molecule has 1 aromatic heterocycles. The van der Waals surface area contributed by atoms with Crippen LogP contribution in [0.5, 0.6) is 0 Å². The molecular weight excluding hydrogens is 240 g/mol. The molecule has 0 aromatic carbocycles. The van der Waals surface area contributed by atoms with Crippen LogP contribution in [0.4, 0.5) is 0 Å². The Morgan fingerprint density at radius 1 is 1.28 bits per heavy atom. The lowest BCUT2D eigenvalue weighted by atomic mass is 10.1. The summed E-state index contributed by atoms with van der Waals surface area (Å²) in [4.78, 5) is 4.00. The normalized spacial score (nSPS) is 18.1. The lowest BCUT2D eigenvalue weighted by Gasteiger charge is -2.27. The van der Waals surface area contributed by atoms with E-state index < -0.39 is 0 Å². The summed E-state index contributed by atoms with van der Waals surface area (Å²) < 4.78 is 0. The minimum absolute atomic E-state index is 0.830. The van der Waals surface area contributed by atoms with Crippen LogP contribution in [0.3, 0.4) is 0 Å². The fourth-order valence-electron chi connectivity index (χ4n) is 2.76. The van der Waals surface area contributed by atoms with Crippen molar-refractivity contribution in [2.75, 3.05) is 20.1 Å². The quantitative estimate of drug-likeness (QED) is 0.626. The number of hydrogen-bond donors (Lipinski definition) is 1. The van der Waals surface area contributed by atoms with Gasteiger partial charge in [-0.25, -0.2) is 0 Å². The van der Waals surface area contributed by atoms with Crippen LogP contribution in [0.1, 0.15) is 43.4 Å². The summed E-state index contributed by atoms with van der Waals surface area (Å²) in [5.41, 5.74) is 0. The zero-order valence-electron chi connectivity index (χ0n) is 11.5. The average molecular weight is 266 g/mol. The summed E-state index contributed by atoms with van der Waals surface area (Å²) in [5.74, 6) is 0. The molecule has 0 aliphatic heterocycles. The van der Waals surface area contributed by atoms with E-state index in [1.165, 1.54) is 49.9 Å². The third-order valence-corrected chi connectivity index (χ3v) is 4.85. The third kappa shape index (κ3) is 4.71. The molecule has 0 unspecified atom stereocenters. The topological polar surface area (TPSA) is 15.3 Å². The van der Waals surface area contributed by atoms with Gasteiger partial charge >= 0.3 is 0 Å². The van der Waals surface area contributed by atoms with Gasteiger partial charge in [-0.15, -0.1) is 11.3 Å². The van der Waals surface area contributed by atoms with Crippen molar-refractivity contribution in [2.24, 2.45) is 0 Å². The van der Waals surface area contributed by atoms with Crippen molar-refractivity contribution in [3.05, 3.63) is 22.4 Å². The smallest absolute Gasteiger partial charge is 0.0300 e. The van der Waals surface area contributed by atoms with Crippen LogP contribution in [-0.2, 0) is 6.54 Å². The van der Waals surface area contributed by atoms with Gasteiger partial charge in [-0.2, -0.15) is 0 Å². The summed E-state index contributed by atoms with van der Waals surface area (Å²) in [5, 5.41) is 5.69. The van der Waals surface area contributed by atoms with Gasteiger partial charge in [-0.3, -0.25) is 0 Å². The number of nitrogens with zero attached hydrogens (tertiary/aromatic N) is 1. The molecule has 1 fully saturated rings. The molecule has 0 amide bonds. The molecule has 1 saturated carbocycles. The number of likely N-dealkylation sites (N-methyl/N-ethyl adjacent to an activating group) is 1. The molecule has 0 atom stereocenters. The number of hydrogen-bond acceptors (Lipinski definition) is 3. The van der Waals surface area contributed by atoms with Crippen molar-refractivity contribution >= 4 is 11.3 Å². The van der Waals surface area contributed by atoms with Gasteiger partial charge in [-0.05, 0) is 31.3 Å². The van der Waals surface area contributed by atoms with Gasteiger partial charge in [0.15, 0.2) is 0 Å². The first-order valence-electron chi connectivity index (χ1n) is 7.29. The molecular formula is C15H26N2S. The molecule has 0 spiro atoms. The van der Waals surface area contributed by atoms with E-state index in [-0.39, 0.29) is 0 Å². The van der Waals surface area contributed by atoms with Crippen LogP contribution in [-0.4, -0.2) is 31.1 Å². The highest BCUT2D eigenvalue weighted by molar-refractivity contribution is 7.09. The van der Waals surface area contributed by atoms with Crippen molar-refractivity contribution in [3.63, 3.8) is 0 Å². The number of thiophene rings is 1. The van der Waals surface area contributed by atoms with Crippen LogP contribution in [0.25, 0.3) is 0 Å². The van der Waals surface area contributed by atoms with Crippen molar-refractivity contribution in [2.45, 2.75) is 51.1 Å². The average Bonchev–Trinajstić information content (AvgIpc) is 2.74. The molecule has 18 heavy (non-hydrogen) atoms. The van der Waals surface area contributed by atoms with E-state index >= 15 is 0 Å². The number of nitrogens with one attached hydrogen (secondary N) is 1. The molecule has 2 rings (SSSR count). The maximum absolute atomic E-state index is 3.54. The molecule has 1 aliphatic carbocycles. The lowest BCUT2D eigenvalue weighted by Crippen LogP contribution is -2.36. The summed E-state index contributed by atoms with van der Waals surface area (Å²) in [6, 6.07) is 5.16. The van der Waals surface area contributed by atoms with Crippen LogP contribution in [0, 0.1) is 0 Å². The van der Waals surface area contributed by atoms with Crippen LogP contribution in [0.15, 0.2) is 17.5 Å². The van der Waals surface area contributed by atoms with E-state index in [1.54, 1.807) is 0 Å². The first-order valence-corrected chi connectivity index (χ1v) is 8.17. The monoisotopic (exact) mass is 266 g/mol. The number of rotatable bonds is 6. The Hall–Kier alpha value is -0.380. The van der Waals surface area contributed by atoms with E-state index in [0.717, 1.165) is 19.1 Å². The van der Waals surface area contributed by atoms with Gasteiger partial charge in [0.05, 0.1) is 0 Å². The molecule has 1 heterocycles. The standard InChI is InChI=1S/C15H26N2S/c1-17(14-7-4-2-3-5-8-14)11-10-16-13-15-9-6-12-18-15/h6,9,12,14,16H,2-5,7-8,10-11,13H2,1H3. The molecule has 1 aliphatic rings. The minimum atomic E-state index is 0.830. The molecule has 1 N–H and O–H groups in total. The van der Waals surface area contributed by atoms with Gasteiger partial charge < -0.3 is 10.2 Å². The first-order chi connectivity index (χ1) is 8.86. The predicted octanol–water partition coefficient (Wildman–Crippen LogP) is 3.49. The van der Waals surface area contributed by atoms with Crippen molar-refractivity contribution in [1.29, 1.82) is 0 Å². The van der Waals surface area contributed by atoms with Crippen molar-refractivity contribution < 1.29 is 0 Å². The summed E-state index contributed by atoms with van der Waals surface area (Å²) >= 11 is 1.84. The summed E-state index contributed by atoms with van der Waals surface area (Å²) in [6.45, 7) is 3.30. The van der Waals surface area contributed by atoms with E-state index in [0.29, 0.717) is 0 Å². The molecule has 102 valence electrons. The van der Waals surface area contributed by atoms with Gasteiger partial charge in [0, 0.05) is 30.6 Å². The molecule has 3 heteroatoms. The van der Waals surface area contributed by atoms with Crippen LogP contribution >= 0.6 is 11.3 Å². The Morgan fingerprint density at radius 2 is 2.06 bits per heavy atom. The fourth-order valence-corrected chi connectivity index (χ4v) is 3.44. The largest absolute Gasteiger partial charge is 0.311 e. The fraction of sp³-hybridized carbons (Fsp3) is 0.733. The SMILES string of the molecule is CN(CCNCc1cccs1)C1CCCCCC1. The Morgan fingerprint density at radius 3 is 2.72 bits per heavy atom. The Kier molecular flexibility index (Phi) is 6.18. The highest BCUT2D eigenvalue weighted by atomic mass is 32.1. The second-order valence-electron chi connectivity index (χ2n) is 5.38. The predicted molar refractivity (Wildman–Crippen MR) is 80.1 cm³/mol. The Bertz CT molecular complexity index is 302. The van der Waals surface area contributed by atoms with Gasteiger partial charge in [0.2, 0.25) is 0 Å². The van der Waals surface area contributed by atoms with Crippen molar-refractivity contribution in [1.82, 2.24) is 10.2 Å². The summed E-state index contributed by atoms with van der Waals surface area (Å²) in [7, 11) is 2.29. The van der Waals surface area contributed by atoms with Crippen LogP contribution in [0.2, 0.25) is 0 Å². The van der Waals surface area contributed by atoms with E-state index in [1.807, 2.05) is 11.3 Å².